The summed E-state index contributed by atoms with van der Waals surface area (Å²) in [5.41, 5.74) is 3.59. The van der Waals surface area contributed by atoms with Gasteiger partial charge in [0.25, 0.3) is 0 Å². The minimum absolute atomic E-state index is 0.0737. The molecular weight excluding hydrogens is 438 g/mol. The number of carboxylic acids is 1. The molecule has 6 nitrogen and oxygen atoms in total. The molecule has 0 saturated carbocycles. The number of rotatable bonds is 6. The molecule has 5 rings (SSSR count). The van der Waals surface area contributed by atoms with Gasteiger partial charge in [-0.3, -0.25) is 14.2 Å². The number of para-hydroxylation sites is 1. The minimum atomic E-state index is -1.00. The van der Waals surface area contributed by atoms with Crippen LogP contribution in [0.15, 0.2) is 79.0 Å². The second-order valence-corrected chi connectivity index (χ2v) is 8.08. The van der Waals surface area contributed by atoms with Crippen LogP contribution in [0.25, 0.3) is 39.0 Å². The van der Waals surface area contributed by atoms with Crippen LogP contribution in [0, 0.1) is 0 Å². The van der Waals surface area contributed by atoms with Gasteiger partial charge >= 0.3 is 5.97 Å². The number of carbonyl (C=O) groups is 2. The van der Waals surface area contributed by atoms with Gasteiger partial charge in [-0.15, -0.1) is 0 Å². The Balaban J connectivity index is 1.73. The molecule has 0 aliphatic rings. The summed E-state index contributed by atoms with van der Waals surface area (Å²) in [5.74, 6) is -0.823. The number of carboxylic acid groups (broad SMARTS) is 1. The molecule has 0 radical (unpaired) electrons. The summed E-state index contributed by atoms with van der Waals surface area (Å²) in [6.07, 6.45) is 1.40. The van der Waals surface area contributed by atoms with Gasteiger partial charge in [-0.05, 0) is 24.3 Å². The number of hydrogen-bond acceptors (Lipinski definition) is 4. The highest BCUT2D eigenvalue weighted by Crippen LogP contribution is 2.31. The van der Waals surface area contributed by atoms with Crippen molar-refractivity contribution in [2.24, 2.45) is 0 Å². The predicted octanol–water partition coefficient (Wildman–Crippen LogP) is 5.94. The van der Waals surface area contributed by atoms with Crippen LogP contribution in [0.1, 0.15) is 23.2 Å². The predicted molar refractivity (Wildman–Crippen MR) is 128 cm³/mol. The molecule has 0 spiro atoms. The number of benzene rings is 3. The van der Waals surface area contributed by atoms with Gasteiger partial charge in [0, 0.05) is 39.5 Å². The Morgan fingerprint density at radius 1 is 0.879 bits per heavy atom. The molecule has 5 aromatic rings. The molecule has 0 amide bonds. The van der Waals surface area contributed by atoms with Crippen LogP contribution >= 0.6 is 11.6 Å². The van der Waals surface area contributed by atoms with E-state index >= 15 is 0 Å². The first kappa shape index (κ1) is 20.8. The topological polar surface area (TPSA) is 85.1 Å². The van der Waals surface area contributed by atoms with E-state index in [-0.39, 0.29) is 18.6 Å². The van der Waals surface area contributed by atoms with Crippen molar-refractivity contribution < 1.29 is 14.7 Å². The maximum absolute atomic E-state index is 12.8. The summed E-state index contributed by atoms with van der Waals surface area (Å²) in [4.78, 5) is 33.4. The Labute approximate surface area is 194 Å². The van der Waals surface area contributed by atoms with Gasteiger partial charge in [-0.2, -0.15) is 0 Å². The van der Waals surface area contributed by atoms with E-state index in [4.69, 9.17) is 26.7 Å². The largest absolute Gasteiger partial charge is 0.481 e. The molecule has 0 saturated heterocycles. The third-order valence-corrected chi connectivity index (χ3v) is 5.72. The molecule has 7 heteroatoms. The first-order valence-electron chi connectivity index (χ1n) is 10.4. The smallest absolute Gasteiger partial charge is 0.303 e. The van der Waals surface area contributed by atoms with Gasteiger partial charge in [0.1, 0.15) is 0 Å². The van der Waals surface area contributed by atoms with E-state index in [1.807, 2.05) is 66.7 Å². The van der Waals surface area contributed by atoms with Gasteiger partial charge in [-0.1, -0.05) is 60.1 Å². The molecule has 1 N–H and O–H groups in total. The Hall–Kier alpha value is -4.03. The lowest BCUT2D eigenvalue weighted by atomic mass is 10.1. The highest BCUT2D eigenvalue weighted by Gasteiger charge is 2.19. The summed E-state index contributed by atoms with van der Waals surface area (Å²) < 4.78 is 1.78. The SMILES string of the molecule is O=C(O)CCC(=O)c1cn(-c2nc(-c3ccccc3)c3cc(Cl)ccc3n2)c2ccccc12. The minimum Gasteiger partial charge on any atom is -0.481 e. The normalized spacial score (nSPS) is 11.2. The molecule has 162 valence electrons. The number of ketones is 1. The summed E-state index contributed by atoms with van der Waals surface area (Å²) in [7, 11) is 0. The van der Waals surface area contributed by atoms with Gasteiger partial charge in [-0.25, -0.2) is 9.97 Å². The highest BCUT2D eigenvalue weighted by molar-refractivity contribution is 6.31. The molecule has 0 bridgehead atoms. The van der Waals surface area contributed by atoms with Crippen LogP contribution in [-0.2, 0) is 4.79 Å². The summed E-state index contributed by atoms with van der Waals surface area (Å²) in [6, 6.07) is 22.7. The quantitative estimate of drug-likeness (QED) is 0.320. The van der Waals surface area contributed by atoms with Crippen LogP contribution in [0.2, 0.25) is 5.02 Å². The second-order valence-electron chi connectivity index (χ2n) is 7.65. The third kappa shape index (κ3) is 3.97. The van der Waals surface area contributed by atoms with Crippen molar-refractivity contribution in [2.45, 2.75) is 12.8 Å². The Kier molecular flexibility index (Phi) is 5.36. The van der Waals surface area contributed by atoms with Gasteiger partial charge in [0.05, 0.1) is 23.1 Å². The van der Waals surface area contributed by atoms with Crippen molar-refractivity contribution in [3.05, 3.63) is 89.6 Å². The maximum Gasteiger partial charge on any atom is 0.303 e. The van der Waals surface area contributed by atoms with Crippen LogP contribution in [-0.4, -0.2) is 31.4 Å². The number of fused-ring (bicyclic) bond motifs is 2. The highest BCUT2D eigenvalue weighted by atomic mass is 35.5. The van der Waals surface area contributed by atoms with Crippen molar-refractivity contribution >= 4 is 45.2 Å². The lowest BCUT2D eigenvalue weighted by Gasteiger charge is -2.11. The number of nitrogens with zero attached hydrogens (tertiary/aromatic N) is 3. The molecule has 0 aliphatic carbocycles. The number of aromatic nitrogens is 3. The zero-order chi connectivity index (χ0) is 22.9. The molecule has 33 heavy (non-hydrogen) atoms. The van der Waals surface area contributed by atoms with Crippen molar-refractivity contribution in [1.29, 1.82) is 0 Å². The molecule has 2 heterocycles. The van der Waals surface area contributed by atoms with Crippen molar-refractivity contribution in [3.63, 3.8) is 0 Å². The fourth-order valence-electron chi connectivity index (χ4n) is 3.93. The lowest BCUT2D eigenvalue weighted by molar-refractivity contribution is -0.136. The van der Waals surface area contributed by atoms with E-state index in [1.165, 1.54) is 0 Å². The molecule has 3 aromatic carbocycles. The van der Waals surface area contributed by atoms with Crippen molar-refractivity contribution in [1.82, 2.24) is 14.5 Å². The van der Waals surface area contributed by atoms with E-state index in [2.05, 4.69) is 0 Å². The monoisotopic (exact) mass is 455 g/mol. The average Bonchev–Trinajstić information content (AvgIpc) is 3.22. The Morgan fingerprint density at radius 3 is 2.42 bits per heavy atom. The van der Waals surface area contributed by atoms with Gasteiger partial charge in [0.15, 0.2) is 5.78 Å². The van der Waals surface area contributed by atoms with Crippen LogP contribution < -0.4 is 0 Å². The fraction of sp³-hybridized carbons (Fsp3) is 0.0769. The van der Waals surface area contributed by atoms with E-state index in [0.29, 0.717) is 16.5 Å². The van der Waals surface area contributed by atoms with Crippen LogP contribution in [0.4, 0.5) is 0 Å². The van der Waals surface area contributed by atoms with Crippen LogP contribution in [0.5, 0.6) is 0 Å². The standard InChI is InChI=1S/C26H18ClN3O3/c27-17-10-11-21-19(14-17)25(16-6-2-1-3-7-16)29-26(28-21)30-15-20(23(31)12-13-24(32)33)18-8-4-5-9-22(18)30/h1-11,14-15H,12-13H2,(H,32,33). The van der Waals surface area contributed by atoms with E-state index in [9.17, 15) is 9.59 Å². The average molecular weight is 456 g/mol. The van der Waals surface area contributed by atoms with E-state index in [1.54, 1.807) is 16.8 Å². The van der Waals surface area contributed by atoms with Gasteiger partial charge < -0.3 is 5.11 Å². The Morgan fingerprint density at radius 2 is 1.64 bits per heavy atom. The molecule has 2 aromatic heterocycles. The fourth-order valence-corrected chi connectivity index (χ4v) is 4.11. The van der Waals surface area contributed by atoms with Crippen LogP contribution in [0.3, 0.4) is 0 Å². The first-order chi connectivity index (χ1) is 16.0. The number of carbonyl (C=O) groups excluding carboxylic acids is 1. The van der Waals surface area contributed by atoms with E-state index in [0.717, 1.165) is 33.1 Å². The lowest BCUT2D eigenvalue weighted by Crippen LogP contribution is -2.04. The number of aliphatic carboxylic acids is 1. The zero-order valence-corrected chi connectivity index (χ0v) is 18.2. The van der Waals surface area contributed by atoms with E-state index < -0.39 is 5.97 Å². The summed E-state index contributed by atoms with van der Waals surface area (Å²) in [5, 5.41) is 11.1. The molecular formula is C26H18ClN3O3. The number of hydrogen-bond donors (Lipinski definition) is 1. The summed E-state index contributed by atoms with van der Waals surface area (Å²) >= 11 is 6.26. The second kappa shape index (κ2) is 8.48. The van der Waals surface area contributed by atoms with Gasteiger partial charge in [0.2, 0.25) is 5.95 Å². The third-order valence-electron chi connectivity index (χ3n) is 5.49. The molecule has 0 fully saturated rings. The summed E-state index contributed by atoms with van der Waals surface area (Å²) in [6.45, 7) is 0. The molecule has 0 atom stereocenters. The van der Waals surface area contributed by atoms with Crippen molar-refractivity contribution in [3.8, 4) is 17.2 Å². The maximum atomic E-state index is 12.8. The molecule has 0 unspecified atom stereocenters. The molecule has 0 aliphatic heterocycles. The van der Waals surface area contributed by atoms with Crippen molar-refractivity contribution in [2.75, 3.05) is 0 Å². The zero-order valence-electron chi connectivity index (χ0n) is 17.4. The number of halogens is 1. The Bertz CT molecular complexity index is 1530. The number of Topliss-reactive ketones (excluding diaryl/α,β-unsaturated/α-hetero) is 1. The first-order valence-corrected chi connectivity index (χ1v) is 10.8.